The summed E-state index contributed by atoms with van der Waals surface area (Å²) in [7, 11) is -3.93. The lowest BCUT2D eigenvalue weighted by atomic mass is 9.92. The van der Waals surface area contributed by atoms with Crippen LogP contribution in [0.1, 0.15) is 54.3 Å². The minimum Gasteiger partial charge on any atom is -0.357 e. The van der Waals surface area contributed by atoms with E-state index in [1.54, 1.807) is 10.9 Å². The molecule has 12 nitrogen and oxygen atoms in total. The number of halogens is 1. The van der Waals surface area contributed by atoms with Gasteiger partial charge in [0.05, 0.1) is 37.4 Å². The van der Waals surface area contributed by atoms with E-state index < -0.39 is 19.7 Å². The largest absolute Gasteiger partial charge is 0.475 e. The number of phosphoric ester groups is 1. The topological polar surface area (TPSA) is 131 Å². The number of fused-ring (bicyclic) bond motifs is 1. The number of nitrogens with one attached hydrogen (secondary N) is 2. The summed E-state index contributed by atoms with van der Waals surface area (Å²) >= 11 is 0. The molecule has 2 amide bonds. The lowest BCUT2D eigenvalue weighted by Crippen LogP contribution is -2.29. The number of amides is 2. The van der Waals surface area contributed by atoms with E-state index in [4.69, 9.17) is 23.5 Å². The Kier molecular flexibility index (Phi) is 12.7. The van der Waals surface area contributed by atoms with E-state index in [1.165, 1.54) is 23.0 Å². The first-order chi connectivity index (χ1) is 28.4. The zero-order valence-electron chi connectivity index (χ0n) is 33.3. The van der Waals surface area contributed by atoms with Crippen molar-refractivity contribution in [1.82, 2.24) is 25.0 Å². The Balaban J connectivity index is 0.989. The highest BCUT2D eigenvalue weighted by Crippen LogP contribution is 2.51. The molecular formula is C45H46FN6O6P. The van der Waals surface area contributed by atoms with E-state index in [1.807, 2.05) is 116 Å². The fourth-order valence-corrected chi connectivity index (χ4v) is 7.21. The Morgan fingerprint density at radius 2 is 1.47 bits per heavy atom. The van der Waals surface area contributed by atoms with Crippen LogP contribution < -0.4 is 15.5 Å². The molecule has 2 heterocycles. The number of anilines is 1. The Hall–Kier alpha value is -6.11. The third-order valence-electron chi connectivity index (χ3n) is 9.35. The van der Waals surface area contributed by atoms with Crippen LogP contribution in [0.15, 0.2) is 134 Å². The lowest BCUT2D eigenvalue weighted by molar-refractivity contribution is 0.104. The third kappa shape index (κ3) is 10.9. The zero-order chi connectivity index (χ0) is 41.4. The van der Waals surface area contributed by atoms with Gasteiger partial charge in [0.1, 0.15) is 17.2 Å². The highest BCUT2D eigenvalue weighted by molar-refractivity contribution is 7.48. The van der Waals surface area contributed by atoms with Gasteiger partial charge in [0, 0.05) is 29.0 Å². The molecule has 5 aromatic carbocycles. The monoisotopic (exact) mass is 816 g/mol. The second-order valence-electron chi connectivity index (χ2n) is 15.0. The summed E-state index contributed by atoms with van der Waals surface area (Å²) in [5, 5.41) is 15.7. The maximum absolute atomic E-state index is 14.5. The summed E-state index contributed by atoms with van der Waals surface area (Å²) in [5.41, 5.74) is 6.07. The van der Waals surface area contributed by atoms with Crippen LogP contribution in [0, 0.1) is 12.7 Å². The van der Waals surface area contributed by atoms with Crippen molar-refractivity contribution >= 4 is 30.6 Å². The number of rotatable bonds is 16. The minimum absolute atomic E-state index is 0.0406. The molecule has 0 saturated heterocycles. The van der Waals surface area contributed by atoms with E-state index >= 15 is 0 Å². The molecule has 7 aromatic rings. The second-order valence-corrected chi connectivity index (χ2v) is 16.7. The molecule has 0 radical (unpaired) electrons. The Labute approximate surface area is 342 Å². The summed E-state index contributed by atoms with van der Waals surface area (Å²) in [6.45, 7) is 8.32. The lowest BCUT2D eigenvalue weighted by Gasteiger charge is -2.18. The number of carbonyl (C=O) groups is 1. The molecule has 0 aliphatic carbocycles. The maximum Gasteiger partial charge on any atom is 0.475 e. The Bertz CT molecular complexity index is 2510. The average Bonchev–Trinajstić information content (AvgIpc) is 3.84. The average molecular weight is 817 g/mol. The quantitative estimate of drug-likeness (QED) is 0.0922. The van der Waals surface area contributed by atoms with E-state index in [0.29, 0.717) is 29.1 Å². The van der Waals surface area contributed by atoms with Crippen molar-refractivity contribution in [2.45, 2.75) is 59.3 Å². The number of benzene rings is 5. The standard InChI is InChI=1S/C45H46FN6O6P/c1-32-15-19-39(20-16-32)51-43(27-42(50-51)45(2,3)4)49-44(53)47-28-37-26-38(46)18-22-41(37)58-52-40-21-17-33(25-36(40)29-48-52)23-24-55-59(54,56-30-34-11-7-5-8-12-34)57-31-35-13-9-6-10-14-35/h5-22,25-27,29H,23-24,28,30-31H2,1-4H3,(H2,47,49,53). The Morgan fingerprint density at radius 3 is 2.14 bits per heavy atom. The van der Waals surface area contributed by atoms with Crippen molar-refractivity contribution in [3.8, 4) is 11.4 Å². The Morgan fingerprint density at radius 1 is 0.797 bits per heavy atom. The normalized spacial score (nSPS) is 11.8. The van der Waals surface area contributed by atoms with E-state index in [9.17, 15) is 13.8 Å². The molecule has 0 unspecified atom stereocenters. The van der Waals surface area contributed by atoms with E-state index in [2.05, 4.69) is 36.5 Å². The smallest absolute Gasteiger partial charge is 0.357 e. The fraction of sp³-hybridized carbons (Fsp3) is 0.222. The summed E-state index contributed by atoms with van der Waals surface area (Å²) in [5.74, 6) is 0.304. The van der Waals surface area contributed by atoms with Gasteiger partial charge in [-0.25, -0.2) is 18.4 Å². The van der Waals surface area contributed by atoms with Gasteiger partial charge < -0.3 is 10.2 Å². The number of hydrogen-bond donors (Lipinski definition) is 2. The maximum atomic E-state index is 14.5. The number of hydrogen-bond acceptors (Lipinski definition) is 8. The fourth-order valence-electron chi connectivity index (χ4n) is 6.05. The van der Waals surface area contributed by atoms with E-state index in [-0.39, 0.29) is 31.8 Å². The number of aromatic nitrogens is 4. The summed E-state index contributed by atoms with van der Waals surface area (Å²) < 4.78 is 47.2. The van der Waals surface area contributed by atoms with Crippen LogP contribution in [-0.2, 0) is 49.7 Å². The van der Waals surface area contributed by atoms with Crippen molar-refractivity contribution in [3.05, 3.63) is 173 Å². The molecule has 14 heteroatoms. The van der Waals surface area contributed by atoms with Gasteiger partial charge in [-0.3, -0.25) is 18.9 Å². The van der Waals surface area contributed by atoms with Crippen LogP contribution in [0.25, 0.3) is 16.6 Å². The van der Waals surface area contributed by atoms with Gasteiger partial charge >= 0.3 is 13.9 Å². The molecule has 0 aliphatic rings. The van der Waals surface area contributed by atoms with Gasteiger partial charge in [-0.1, -0.05) is 110 Å². The number of aryl methyl sites for hydroxylation is 1. The van der Waals surface area contributed by atoms with Crippen molar-refractivity contribution in [2.24, 2.45) is 0 Å². The first-order valence-corrected chi connectivity index (χ1v) is 20.6. The van der Waals surface area contributed by atoms with Crippen LogP contribution in [0.3, 0.4) is 0 Å². The van der Waals surface area contributed by atoms with Crippen molar-refractivity contribution in [3.63, 3.8) is 0 Å². The summed E-state index contributed by atoms with van der Waals surface area (Å²) in [6.07, 6.45) is 2.06. The third-order valence-corrected chi connectivity index (χ3v) is 10.7. The minimum atomic E-state index is -3.93. The molecule has 7 rings (SSSR count). The molecule has 0 spiro atoms. The van der Waals surface area contributed by atoms with Gasteiger partial charge in [-0.15, -0.1) is 5.10 Å². The molecule has 0 saturated carbocycles. The molecular weight excluding hydrogens is 771 g/mol. The molecule has 0 bridgehead atoms. The van der Waals surface area contributed by atoms with Gasteiger partial charge in [0.25, 0.3) is 0 Å². The van der Waals surface area contributed by atoms with Crippen LogP contribution >= 0.6 is 7.82 Å². The van der Waals surface area contributed by atoms with Crippen molar-refractivity contribution < 1.29 is 32.2 Å². The van der Waals surface area contributed by atoms with Crippen LogP contribution in [-0.4, -0.2) is 32.4 Å². The van der Waals surface area contributed by atoms with Gasteiger partial charge in [-0.2, -0.15) is 5.10 Å². The summed E-state index contributed by atoms with van der Waals surface area (Å²) in [6, 6.07) is 37.7. The number of urea groups is 1. The van der Waals surface area contributed by atoms with Crippen molar-refractivity contribution in [2.75, 3.05) is 11.9 Å². The summed E-state index contributed by atoms with van der Waals surface area (Å²) in [4.78, 5) is 20.7. The van der Waals surface area contributed by atoms with E-state index in [0.717, 1.165) is 39.0 Å². The van der Waals surface area contributed by atoms with Crippen LogP contribution in [0.2, 0.25) is 0 Å². The van der Waals surface area contributed by atoms with Gasteiger partial charge in [0.15, 0.2) is 5.75 Å². The SMILES string of the molecule is Cc1ccc(-n2nc(C(C)(C)C)cc2NC(=O)NCc2cc(F)ccc2On2ncc3cc(CCOP(=O)(OCc4ccccc4)OCc4ccccc4)ccc32)cc1. The molecule has 304 valence electrons. The van der Waals surface area contributed by atoms with Crippen LogP contribution in [0.5, 0.6) is 5.75 Å². The molecule has 59 heavy (non-hydrogen) atoms. The zero-order valence-corrected chi connectivity index (χ0v) is 34.2. The molecule has 2 N–H and O–H groups in total. The number of phosphoric acid groups is 1. The van der Waals surface area contributed by atoms with Gasteiger partial charge in [0.2, 0.25) is 0 Å². The second kappa shape index (κ2) is 18.2. The highest BCUT2D eigenvalue weighted by atomic mass is 31.2. The molecule has 0 atom stereocenters. The first-order valence-electron chi connectivity index (χ1n) is 19.2. The molecule has 0 fully saturated rings. The van der Waals surface area contributed by atoms with Crippen LogP contribution in [0.4, 0.5) is 15.0 Å². The number of nitrogens with zero attached hydrogens (tertiary/aromatic N) is 4. The number of carbonyl (C=O) groups excluding carboxylic acids is 1. The highest BCUT2D eigenvalue weighted by Gasteiger charge is 2.27. The molecule has 2 aromatic heterocycles. The molecule has 0 aliphatic heterocycles. The predicted molar refractivity (Wildman–Crippen MR) is 225 cm³/mol. The first kappa shape index (κ1) is 41.1. The van der Waals surface area contributed by atoms with Crippen molar-refractivity contribution in [1.29, 1.82) is 0 Å². The predicted octanol–water partition coefficient (Wildman–Crippen LogP) is 10.2. The van der Waals surface area contributed by atoms with Gasteiger partial charge in [-0.05, 0) is 72.5 Å².